The zero-order chi connectivity index (χ0) is 14.5. The summed E-state index contributed by atoms with van der Waals surface area (Å²) >= 11 is 5.73. The first kappa shape index (κ1) is 14.3. The Labute approximate surface area is 122 Å². The molecule has 5 nitrogen and oxygen atoms in total. The Balaban J connectivity index is 2.06. The molecule has 1 aromatic carbocycles. The Kier molecular flexibility index (Phi) is 4.53. The number of carbonyl (C=O) groups excluding carboxylic acids is 1. The number of benzene rings is 1. The summed E-state index contributed by atoms with van der Waals surface area (Å²) in [4.78, 5) is 19.0. The smallest absolute Gasteiger partial charge is 0.254 e. The van der Waals surface area contributed by atoms with Crippen LogP contribution in [-0.2, 0) is 6.42 Å². The molecule has 0 saturated heterocycles. The SMILES string of the molecule is Cc1ccccc1CCNc1nc(Cl)ncc1C(N)=O. The van der Waals surface area contributed by atoms with Crippen molar-refractivity contribution in [2.45, 2.75) is 13.3 Å². The molecule has 0 fully saturated rings. The molecule has 2 rings (SSSR count). The molecule has 0 radical (unpaired) electrons. The molecular formula is C14H15ClN4O. The highest BCUT2D eigenvalue weighted by Crippen LogP contribution is 2.14. The third-order valence-electron chi connectivity index (χ3n) is 2.97. The van der Waals surface area contributed by atoms with Crippen molar-refractivity contribution in [3.63, 3.8) is 0 Å². The standard InChI is InChI=1S/C14H15ClN4O/c1-9-4-2-3-5-10(9)6-7-17-13-11(12(16)20)8-18-14(15)19-13/h2-5,8H,6-7H2,1H3,(H2,16,20)(H,17,18,19). The summed E-state index contributed by atoms with van der Waals surface area (Å²) in [5, 5.41) is 3.15. The lowest BCUT2D eigenvalue weighted by atomic mass is 10.1. The molecule has 2 aromatic rings. The first-order valence-electron chi connectivity index (χ1n) is 6.18. The molecule has 1 amide bonds. The lowest BCUT2D eigenvalue weighted by Crippen LogP contribution is -2.17. The average molecular weight is 291 g/mol. The lowest BCUT2D eigenvalue weighted by Gasteiger charge is -2.10. The van der Waals surface area contributed by atoms with Gasteiger partial charge in [-0.05, 0) is 36.1 Å². The molecule has 0 aliphatic carbocycles. The summed E-state index contributed by atoms with van der Waals surface area (Å²) in [5.41, 5.74) is 7.97. The fourth-order valence-electron chi connectivity index (χ4n) is 1.88. The van der Waals surface area contributed by atoms with E-state index in [0.717, 1.165) is 6.42 Å². The van der Waals surface area contributed by atoms with Gasteiger partial charge in [0.25, 0.3) is 5.91 Å². The van der Waals surface area contributed by atoms with E-state index in [9.17, 15) is 4.79 Å². The Morgan fingerprint density at radius 2 is 2.15 bits per heavy atom. The normalized spacial score (nSPS) is 10.3. The van der Waals surface area contributed by atoms with E-state index in [4.69, 9.17) is 17.3 Å². The van der Waals surface area contributed by atoms with E-state index in [-0.39, 0.29) is 10.8 Å². The second kappa shape index (κ2) is 6.34. The van der Waals surface area contributed by atoms with Gasteiger partial charge in [0.05, 0.1) is 5.56 Å². The van der Waals surface area contributed by atoms with Crippen molar-refractivity contribution in [1.29, 1.82) is 0 Å². The molecule has 0 spiro atoms. The molecule has 0 bridgehead atoms. The Bertz CT molecular complexity index is 630. The summed E-state index contributed by atoms with van der Waals surface area (Å²) in [6.07, 6.45) is 2.14. The Hall–Kier alpha value is -2.14. The van der Waals surface area contributed by atoms with Crippen molar-refractivity contribution in [3.05, 3.63) is 52.4 Å². The second-order valence-corrected chi connectivity index (χ2v) is 4.71. The second-order valence-electron chi connectivity index (χ2n) is 4.37. The van der Waals surface area contributed by atoms with Gasteiger partial charge in [0.15, 0.2) is 0 Å². The summed E-state index contributed by atoms with van der Waals surface area (Å²) in [7, 11) is 0. The number of nitrogens with two attached hydrogens (primary N) is 1. The predicted molar refractivity (Wildman–Crippen MR) is 78.9 cm³/mol. The molecule has 6 heteroatoms. The third kappa shape index (κ3) is 3.45. The molecule has 0 saturated carbocycles. The van der Waals surface area contributed by atoms with Crippen molar-refractivity contribution >= 4 is 23.3 Å². The van der Waals surface area contributed by atoms with Crippen LogP contribution in [0.1, 0.15) is 21.5 Å². The number of anilines is 1. The highest BCUT2D eigenvalue weighted by Gasteiger charge is 2.11. The summed E-state index contributed by atoms with van der Waals surface area (Å²) in [6, 6.07) is 8.13. The van der Waals surface area contributed by atoms with Gasteiger partial charge in [-0.15, -0.1) is 0 Å². The number of carbonyl (C=O) groups is 1. The number of aryl methyl sites for hydroxylation is 1. The van der Waals surface area contributed by atoms with Gasteiger partial charge < -0.3 is 11.1 Å². The fraction of sp³-hybridized carbons (Fsp3) is 0.214. The molecule has 0 aliphatic heterocycles. The number of nitrogens with zero attached hydrogens (tertiary/aromatic N) is 2. The van der Waals surface area contributed by atoms with Crippen LogP contribution in [-0.4, -0.2) is 22.4 Å². The van der Waals surface area contributed by atoms with Gasteiger partial charge >= 0.3 is 0 Å². The minimum atomic E-state index is -0.583. The number of hydrogen-bond donors (Lipinski definition) is 2. The van der Waals surface area contributed by atoms with Gasteiger partial charge in [-0.1, -0.05) is 24.3 Å². The summed E-state index contributed by atoms with van der Waals surface area (Å²) in [5.74, 6) is -0.217. The first-order valence-corrected chi connectivity index (χ1v) is 6.56. The average Bonchev–Trinajstić information content (AvgIpc) is 2.41. The number of rotatable bonds is 5. The fourth-order valence-corrected chi connectivity index (χ4v) is 2.01. The van der Waals surface area contributed by atoms with Crippen LogP contribution in [0.25, 0.3) is 0 Å². The number of halogens is 1. The van der Waals surface area contributed by atoms with E-state index < -0.39 is 5.91 Å². The largest absolute Gasteiger partial charge is 0.369 e. The predicted octanol–water partition coefficient (Wildman–Crippen LogP) is 2.19. The quantitative estimate of drug-likeness (QED) is 0.827. The van der Waals surface area contributed by atoms with E-state index in [2.05, 4.69) is 34.3 Å². The molecule has 104 valence electrons. The minimum Gasteiger partial charge on any atom is -0.369 e. The van der Waals surface area contributed by atoms with Crippen LogP contribution >= 0.6 is 11.6 Å². The van der Waals surface area contributed by atoms with Crippen molar-refractivity contribution in [2.75, 3.05) is 11.9 Å². The van der Waals surface area contributed by atoms with Crippen molar-refractivity contribution < 1.29 is 4.79 Å². The first-order chi connectivity index (χ1) is 9.58. The number of nitrogens with one attached hydrogen (secondary N) is 1. The van der Waals surface area contributed by atoms with Crippen LogP contribution < -0.4 is 11.1 Å². The lowest BCUT2D eigenvalue weighted by molar-refractivity contribution is 0.100. The van der Waals surface area contributed by atoms with Crippen LogP contribution in [0, 0.1) is 6.92 Å². The molecule has 0 atom stereocenters. The van der Waals surface area contributed by atoms with Gasteiger partial charge in [-0.25, -0.2) is 4.98 Å². The molecule has 3 N–H and O–H groups in total. The van der Waals surface area contributed by atoms with E-state index >= 15 is 0 Å². The van der Waals surface area contributed by atoms with E-state index in [0.29, 0.717) is 12.4 Å². The number of hydrogen-bond acceptors (Lipinski definition) is 4. The zero-order valence-electron chi connectivity index (χ0n) is 11.1. The molecular weight excluding hydrogens is 276 g/mol. The van der Waals surface area contributed by atoms with Crippen LogP contribution in [0.5, 0.6) is 0 Å². The Morgan fingerprint density at radius 1 is 1.40 bits per heavy atom. The van der Waals surface area contributed by atoms with Crippen molar-refractivity contribution in [2.24, 2.45) is 5.73 Å². The number of aromatic nitrogens is 2. The van der Waals surface area contributed by atoms with Crippen LogP contribution in [0.15, 0.2) is 30.5 Å². The third-order valence-corrected chi connectivity index (χ3v) is 3.15. The topological polar surface area (TPSA) is 80.9 Å². The zero-order valence-corrected chi connectivity index (χ0v) is 11.8. The molecule has 1 aromatic heterocycles. The molecule has 0 aliphatic rings. The van der Waals surface area contributed by atoms with Gasteiger partial charge in [-0.3, -0.25) is 4.79 Å². The molecule has 1 heterocycles. The van der Waals surface area contributed by atoms with Gasteiger partial charge in [-0.2, -0.15) is 4.98 Å². The van der Waals surface area contributed by atoms with Crippen molar-refractivity contribution in [3.8, 4) is 0 Å². The van der Waals surface area contributed by atoms with Gasteiger partial charge in [0.1, 0.15) is 5.82 Å². The van der Waals surface area contributed by atoms with Gasteiger partial charge in [0.2, 0.25) is 5.28 Å². The molecule has 0 unspecified atom stereocenters. The minimum absolute atomic E-state index is 0.0772. The maximum absolute atomic E-state index is 11.3. The highest BCUT2D eigenvalue weighted by atomic mass is 35.5. The highest BCUT2D eigenvalue weighted by molar-refractivity contribution is 6.28. The monoisotopic (exact) mass is 290 g/mol. The molecule has 20 heavy (non-hydrogen) atoms. The van der Waals surface area contributed by atoms with E-state index in [1.165, 1.54) is 17.3 Å². The number of primary amides is 1. The van der Waals surface area contributed by atoms with Crippen molar-refractivity contribution in [1.82, 2.24) is 9.97 Å². The van der Waals surface area contributed by atoms with Gasteiger partial charge in [0, 0.05) is 12.7 Å². The maximum atomic E-state index is 11.3. The van der Waals surface area contributed by atoms with Crippen LogP contribution in [0.4, 0.5) is 5.82 Å². The summed E-state index contributed by atoms with van der Waals surface area (Å²) in [6.45, 7) is 2.68. The Morgan fingerprint density at radius 3 is 2.85 bits per heavy atom. The number of amides is 1. The van der Waals surface area contributed by atoms with Crippen LogP contribution in [0.2, 0.25) is 5.28 Å². The van der Waals surface area contributed by atoms with E-state index in [1.54, 1.807) is 0 Å². The summed E-state index contributed by atoms with van der Waals surface area (Å²) < 4.78 is 0. The van der Waals surface area contributed by atoms with E-state index in [1.807, 2.05) is 12.1 Å². The van der Waals surface area contributed by atoms with Crippen LogP contribution in [0.3, 0.4) is 0 Å². The maximum Gasteiger partial charge on any atom is 0.254 e.